The second-order valence-corrected chi connectivity index (χ2v) is 5.95. The van der Waals surface area contributed by atoms with Crippen molar-refractivity contribution in [2.24, 2.45) is 0 Å². The lowest BCUT2D eigenvalue weighted by Crippen LogP contribution is -2.31. The molecule has 1 aromatic carbocycles. The molecule has 2 aliphatic rings. The van der Waals surface area contributed by atoms with Gasteiger partial charge in [-0.05, 0) is 26.0 Å². The van der Waals surface area contributed by atoms with Gasteiger partial charge in [-0.15, -0.1) is 0 Å². The largest absolute Gasteiger partial charge is 0.394 e. The van der Waals surface area contributed by atoms with Gasteiger partial charge in [0, 0.05) is 0 Å². The molecule has 0 spiro atoms. The summed E-state index contributed by atoms with van der Waals surface area (Å²) in [5.74, 6) is -0.666. The summed E-state index contributed by atoms with van der Waals surface area (Å²) in [6.07, 6.45) is 0.496. The first-order valence-electron chi connectivity index (χ1n) is 7.12. The number of aliphatic hydroxyl groups excluding tert-OH is 1. The maximum absolute atomic E-state index is 9.53. The lowest BCUT2D eigenvalue weighted by atomic mass is 10.1. The summed E-state index contributed by atoms with van der Waals surface area (Å²) in [7, 11) is 0. The average Bonchev–Trinajstić information content (AvgIpc) is 3.09. The van der Waals surface area contributed by atoms with Crippen LogP contribution in [-0.4, -0.2) is 45.4 Å². The molecule has 2 fully saturated rings. The molecule has 2 unspecified atom stereocenters. The van der Waals surface area contributed by atoms with E-state index in [0.29, 0.717) is 0 Å². The molecule has 2 aliphatic heterocycles. The molecule has 3 heterocycles. The highest BCUT2D eigenvalue weighted by Gasteiger charge is 2.55. The van der Waals surface area contributed by atoms with Gasteiger partial charge in [0.25, 0.3) is 0 Å². The van der Waals surface area contributed by atoms with E-state index in [4.69, 9.17) is 14.2 Å². The van der Waals surface area contributed by atoms with E-state index in [0.717, 1.165) is 11.0 Å². The molecule has 0 aliphatic carbocycles. The number of ether oxygens (including phenoxy) is 3. The van der Waals surface area contributed by atoms with Crippen molar-refractivity contribution in [3.8, 4) is 0 Å². The zero-order chi connectivity index (χ0) is 14.6. The summed E-state index contributed by atoms with van der Waals surface area (Å²) in [6.45, 7) is 3.66. The zero-order valence-corrected chi connectivity index (χ0v) is 12.0. The third-order valence-corrected chi connectivity index (χ3v) is 4.06. The summed E-state index contributed by atoms with van der Waals surface area (Å²) in [4.78, 5) is 4.39. The summed E-state index contributed by atoms with van der Waals surface area (Å²) >= 11 is 0. The summed E-state index contributed by atoms with van der Waals surface area (Å²) < 4.78 is 19.8. The van der Waals surface area contributed by atoms with Gasteiger partial charge < -0.3 is 23.9 Å². The fourth-order valence-electron chi connectivity index (χ4n) is 3.21. The SMILES string of the molecule is CC1(C)OC2C(O1)[C@@H](CO)O[C@H]2n1cnc2ccccc21. The summed E-state index contributed by atoms with van der Waals surface area (Å²) in [6, 6.07) is 7.87. The molecule has 6 nitrogen and oxygen atoms in total. The second kappa shape index (κ2) is 4.51. The molecule has 0 radical (unpaired) electrons. The Bertz CT molecular complexity index is 668. The number of hydrogen-bond donors (Lipinski definition) is 1. The van der Waals surface area contributed by atoms with Gasteiger partial charge in [-0.1, -0.05) is 12.1 Å². The Morgan fingerprint density at radius 1 is 1.24 bits per heavy atom. The van der Waals surface area contributed by atoms with Crippen LogP contribution in [0.4, 0.5) is 0 Å². The van der Waals surface area contributed by atoms with Crippen LogP contribution < -0.4 is 0 Å². The average molecular weight is 290 g/mol. The molecule has 4 rings (SSSR count). The van der Waals surface area contributed by atoms with Crippen LogP contribution >= 0.6 is 0 Å². The fourth-order valence-corrected chi connectivity index (χ4v) is 3.21. The smallest absolute Gasteiger partial charge is 0.165 e. The highest BCUT2D eigenvalue weighted by Crippen LogP contribution is 2.43. The van der Waals surface area contributed by atoms with Gasteiger partial charge in [0.1, 0.15) is 18.3 Å². The Morgan fingerprint density at radius 2 is 2.00 bits per heavy atom. The standard InChI is InChI=1S/C15H18N2O4/c1-15(2)20-12-11(7-18)19-14(13(12)21-15)17-8-16-9-5-3-4-6-10(9)17/h3-6,8,11-14,18H,7H2,1-2H3/t11-,12?,13?,14-/m1/s1. The highest BCUT2D eigenvalue weighted by molar-refractivity contribution is 5.75. The van der Waals surface area contributed by atoms with Crippen LogP contribution in [0.15, 0.2) is 30.6 Å². The molecule has 0 amide bonds. The van der Waals surface area contributed by atoms with Crippen molar-refractivity contribution >= 4 is 11.0 Å². The lowest BCUT2D eigenvalue weighted by Gasteiger charge is -2.24. The van der Waals surface area contributed by atoms with Crippen molar-refractivity contribution in [2.45, 2.75) is 44.2 Å². The second-order valence-electron chi connectivity index (χ2n) is 5.95. The van der Waals surface area contributed by atoms with Crippen LogP contribution in [0.1, 0.15) is 20.1 Å². The maximum atomic E-state index is 9.53. The van der Waals surface area contributed by atoms with Crippen molar-refractivity contribution in [2.75, 3.05) is 6.61 Å². The first-order valence-corrected chi connectivity index (χ1v) is 7.12. The van der Waals surface area contributed by atoms with E-state index in [1.807, 2.05) is 42.7 Å². The van der Waals surface area contributed by atoms with E-state index in [2.05, 4.69) is 4.98 Å². The minimum Gasteiger partial charge on any atom is -0.394 e. The Morgan fingerprint density at radius 3 is 2.81 bits per heavy atom. The number of benzene rings is 1. The van der Waals surface area contributed by atoms with Crippen molar-refractivity contribution in [3.63, 3.8) is 0 Å². The molecule has 2 saturated heterocycles. The number of nitrogens with zero attached hydrogens (tertiary/aromatic N) is 2. The zero-order valence-electron chi connectivity index (χ0n) is 12.0. The molecular weight excluding hydrogens is 272 g/mol. The molecule has 112 valence electrons. The van der Waals surface area contributed by atoms with Gasteiger partial charge in [0.15, 0.2) is 12.0 Å². The third-order valence-electron chi connectivity index (χ3n) is 4.06. The molecule has 1 aromatic heterocycles. The van der Waals surface area contributed by atoms with Crippen molar-refractivity contribution in [1.29, 1.82) is 0 Å². The summed E-state index contributed by atoms with van der Waals surface area (Å²) in [5, 5.41) is 9.53. The van der Waals surface area contributed by atoms with Gasteiger partial charge in [-0.3, -0.25) is 0 Å². The lowest BCUT2D eigenvalue weighted by molar-refractivity contribution is -0.199. The quantitative estimate of drug-likeness (QED) is 0.906. The first kappa shape index (κ1) is 13.2. The van der Waals surface area contributed by atoms with Crippen LogP contribution in [0.25, 0.3) is 11.0 Å². The van der Waals surface area contributed by atoms with Gasteiger partial charge in [0.2, 0.25) is 0 Å². The first-order chi connectivity index (χ1) is 10.1. The number of imidazole rings is 1. The Kier molecular flexibility index (Phi) is 2.84. The number of fused-ring (bicyclic) bond motifs is 2. The highest BCUT2D eigenvalue weighted by atomic mass is 16.8. The van der Waals surface area contributed by atoms with Crippen LogP contribution in [0.3, 0.4) is 0 Å². The Labute approximate surface area is 122 Å². The monoisotopic (exact) mass is 290 g/mol. The van der Waals surface area contributed by atoms with E-state index in [9.17, 15) is 5.11 Å². The van der Waals surface area contributed by atoms with E-state index in [-0.39, 0.29) is 31.1 Å². The minimum atomic E-state index is -0.666. The van der Waals surface area contributed by atoms with E-state index in [1.165, 1.54) is 0 Å². The van der Waals surface area contributed by atoms with Gasteiger partial charge >= 0.3 is 0 Å². The third kappa shape index (κ3) is 1.98. The predicted molar refractivity (Wildman–Crippen MR) is 74.6 cm³/mol. The molecule has 21 heavy (non-hydrogen) atoms. The van der Waals surface area contributed by atoms with Crippen LogP contribution in [0.2, 0.25) is 0 Å². The molecule has 0 saturated carbocycles. The normalized spacial score (nSPS) is 34.4. The van der Waals surface area contributed by atoms with Gasteiger partial charge in [-0.25, -0.2) is 4.98 Å². The van der Waals surface area contributed by atoms with Crippen molar-refractivity contribution < 1.29 is 19.3 Å². The van der Waals surface area contributed by atoms with Gasteiger partial charge in [-0.2, -0.15) is 0 Å². The number of para-hydroxylation sites is 2. The van der Waals surface area contributed by atoms with Crippen molar-refractivity contribution in [3.05, 3.63) is 30.6 Å². The molecule has 1 N–H and O–H groups in total. The molecule has 2 aromatic rings. The maximum Gasteiger partial charge on any atom is 0.165 e. The topological polar surface area (TPSA) is 65.7 Å². The minimum absolute atomic E-state index is 0.0935. The molecule has 4 atom stereocenters. The van der Waals surface area contributed by atoms with Crippen molar-refractivity contribution in [1.82, 2.24) is 9.55 Å². The fraction of sp³-hybridized carbons (Fsp3) is 0.533. The number of hydrogen-bond acceptors (Lipinski definition) is 5. The van der Waals surface area contributed by atoms with Crippen LogP contribution in [0.5, 0.6) is 0 Å². The van der Waals surface area contributed by atoms with E-state index >= 15 is 0 Å². The van der Waals surface area contributed by atoms with E-state index < -0.39 is 5.79 Å². The Hall–Kier alpha value is -1.47. The van der Waals surface area contributed by atoms with Crippen LogP contribution in [-0.2, 0) is 14.2 Å². The molecule has 0 bridgehead atoms. The van der Waals surface area contributed by atoms with E-state index in [1.54, 1.807) is 6.33 Å². The Balaban J connectivity index is 1.75. The van der Waals surface area contributed by atoms with Crippen LogP contribution in [0, 0.1) is 0 Å². The number of rotatable bonds is 2. The van der Waals surface area contributed by atoms with Gasteiger partial charge in [0.05, 0.1) is 24.0 Å². The predicted octanol–water partition coefficient (Wildman–Crippen LogP) is 1.45. The summed E-state index contributed by atoms with van der Waals surface area (Å²) in [5.41, 5.74) is 1.89. The molecular formula is C15H18N2O4. The molecule has 6 heteroatoms. The number of aliphatic hydroxyl groups is 1. The number of aromatic nitrogens is 2.